The molecule has 1 aromatic rings. The summed E-state index contributed by atoms with van der Waals surface area (Å²) in [5, 5.41) is 3.68. The minimum absolute atomic E-state index is 0.657. The SMILES string of the molecule is c1cc2c(cc1SCCNC1CCCCC1)OCCO2. The Morgan fingerprint density at radius 1 is 1.05 bits per heavy atom. The number of hydrogen-bond donors (Lipinski definition) is 1. The Bertz CT molecular complexity index is 432. The molecule has 0 atom stereocenters. The lowest BCUT2D eigenvalue weighted by atomic mass is 9.96. The molecule has 0 saturated heterocycles. The fraction of sp³-hybridized carbons (Fsp3) is 0.625. The fourth-order valence-corrected chi connectivity index (χ4v) is 3.66. The first-order valence-electron chi connectivity index (χ1n) is 7.68. The van der Waals surface area contributed by atoms with Crippen molar-refractivity contribution in [3.8, 4) is 11.5 Å². The molecule has 2 aliphatic rings. The first kappa shape index (κ1) is 14.1. The molecule has 20 heavy (non-hydrogen) atoms. The van der Waals surface area contributed by atoms with Gasteiger partial charge in [-0.3, -0.25) is 0 Å². The molecule has 1 saturated carbocycles. The van der Waals surface area contributed by atoms with Crippen LogP contribution in [0.5, 0.6) is 11.5 Å². The number of nitrogens with one attached hydrogen (secondary N) is 1. The van der Waals surface area contributed by atoms with Crippen LogP contribution in [0.1, 0.15) is 32.1 Å². The Labute approximate surface area is 125 Å². The molecule has 0 bridgehead atoms. The van der Waals surface area contributed by atoms with Crippen LogP contribution >= 0.6 is 11.8 Å². The maximum absolute atomic E-state index is 5.61. The summed E-state index contributed by atoms with van der Waals surface area (Å²) in [4.78, 5) is 1.26. The molecule has 0 radical (unpaired) electrons. The van der Waals surface area contributed by atoms with Crippen molar-refractivity contribution in [1.82, 2.24) is 5.32 Å². The Morgan fingerprint density at radius 3 is 2.70 bits per heavy atom. The van der Waals surface area contributed by atoms with Crippen LogP contribution in [-0.4, -0.2) is 31.6 Å². The van der Waals surface area contributed by atoms with Crippen molar-refractivity contribution in [3.05, 3.63) is 18.2 Å². The van der Waals surface area contributed by atoms with E-state index in [0.29, 0.717) is 13.2 Å². The highest BCUT2D eigenvalue weighted by molar-refractivity contribution is 7.99. The number of ether oxygens (including phenoxy) is 2. The smallest absolute Gasteiger partial charge is 0.162 e. The van der Waals surface area contributed by atoms with Crippen molar-refractivity contribution >= 4 is 11.8 Å². The number of hydrogen-bond acceptors (Lipinski definition) is 4. The largest absolute Gasteiger partial charge is 0.486 e. The van der Waals surface area contributed by atoms with E-state index in [-0.39, 0.29) is 0 Å². The average Bonchev–Trinajstić information content (AvgIpc) is 2.52. The Hall–Kier alpha value is -0.870. The van der Waals surface area contributed by atoms with Gasteiger partial charge in [0.1, 0.15) is 13.2 Å². The molecule has 0 amide bonds. The molecular weight excluding hydrogens is 270 g/mol. The molecule has 0 spiro atoms. The molecule has 3 nitrogen and oxygen atoms in total. The summed E-state index contributed by atoms with van der Waals surface area (Å²) in [7, 11) is 0. The zero-order valence-electron chi connectivity index (χ0n) is 11.9. The van der Waals surface area contributed by atoms with Gasteiger partial charge in [-0.1, -0.05) is 19.3 Å². The molecule has 1 N–H and O–H groups in total. The molecule has 1 aliphatic heterocycles. The highest BCUT2D eigenvalue weighted by Gasteiger charge is 2.13. The minimum atomic E-state index is 0.657. The summed E-state index contributed by atoms with van der Waals surface area (Å²) in [6.45, 7) is 2.40. The van der Waals surface area contributed by atoms with Crippen LogP contribution in [0.2, 0.25) is 0 Å². The summed E-state index contributed by atoms with van der Waals surface area (Å²) in [5.74, 6) is 2.87. The standard InChI is InChI=1S/C16H23NO2S/c1-2-4-13(5-3-1)17-8-11-20-14-6-7-15-16(12-14)19-10-9-18-15/h6-7,12-13,17H,1-5,8-11H2. The van der Waals surface area contributed by atoms with Crippen LogP contribution in [0.4, 0.5) is 0 Å². The van der Waals surface area contributed by atoms with Gasteiger partial charge in [0.25, 0.3) is 0 Å². The maximum atomic E-state index is 5.61. The predicted molar refractivity (Wildman–Crippen MR) is 83.0 cm³/mol. The van der Waals surface area contributed by atoms with Gasteiger partial charge in [-0.05, 0) is 31.0 Å². The third-order valence-electron chi connectivity index (χ3n) is 3.92. The average molecular weight is 293 g/mol. The fourth-order valence-electron chi connectivity index (χ4n) is 2.85. The van der Waals surface area contributed by atoms with Gasteiger partial charge in [-0.2, -0.15) is 0 Å². The van der Waals surface area contributed by atoms with E-state index in [0.717, 1.165) is 29.8 Å². The van der Waals surface area contributed by atoms with Gasteiger partial charge in [0.05, 0.1) is 0 Å². The van der Waals surface area contributed by atoms with Crippen LogP contribution in [-0.2, 0) is 0 Å². The van der Waals surface area contributed by atoms with Crippen LogP contribution in [0.3, 0.4) is 0 Å². The molecule has 0 aromatic heterocycles. The summed E-state index contributed by atoms with van der Waals surface area (Å²) in [5.41, 5.74) is 0. The van der Waals surface area contributed by atoms with E-state index < -0.39 is 0 Å². The topological polar surface area (TPSA) is 30.5 Å². The predicted octanol–water partition coefficient (Wildman–Crippen LogP) is 3.47. The zero-order chi connectivity index (χ0) is 13.6. The summed E-state index contributed by atoms with van der Waals surface area (Å²) >= 11 is 1.88. The number of thioether (sulfide) groups is 1. The van der Waals surface area contributed by atoms with Crippen molar-refractivity contribution in [3.63, 3.8) is 0 Å². The van der Waals surface area contributed by atoms with Gasteiger partial charge in [-0.15, -0.1) is 11.8 Å². The van der Waals surface area contributed by atoms with Crippen LogP contribution in [0, 0.1) is 0 Å². The van der Waals surface area contributed by atoms with E-state index in [1.807, 2.05) is 17.8 Å². The molecule has 0 unspecified atom stereocenters. The van der Waals surface area contributed by atoms with Crippen LogP contribution in [0.25, 0.3) is 0 Å². The number of fused-ring (bicyclic) bond motifs is 1. The molecule has 1 aliphatic carbocycles. The van der Waals surface area contributed by atoms with E-state index in [4.69, 9.17) is 9.47 Å². The molecule has 110 valence electrons. The third kappa shape index (κ3) is 3.83. The van der Waals surface area contributed by atoms with Crippen molar-refractivity contribution < 1.29 is 9.47 Å². The van der Waals surface area contributed by atoms with Gasteiger partial charge in [0.15, 0.2) is 11.5 Å². The van der Waals surface area contributed by atoms with E-state index >= 15 is 0 Å². The summed E-state index contributed by atoms with van der Waals surface area (Å²) in [6.07, 6.45) is 6.92. The van der Waals surface area contributed by atoms with Crippen molar-refractivity contribution in [2.45, 2.75) is 43.0 Å². The minimum Gasteiger partial charge on any atom is -0.486 e. The van der Waals surface area contributed by atoms with Crippen molar-refractivity contribution in [1.29, 1.82) is 0 Å². The lowest BCUT2D eigenvalue weighted by Crippen LogP contribution is -2.32. The van der Waals surface area contributed by atoms with E-state index in [9.17, 15) is 0 Å². The van der Waals surface area contributed by atoms with Crippen molar-refractivity contribution in [2.24, 2.45) is 0 Å². The normalized spacial score (nSPS) is 19.0. The highest BCUT2D eigenvalue weighted by atomic mass is 32.2. The van der Waals surface area contributed by atoms with Gasteiger partial charge in [-0.25, -0.2) is 0 Å². The monoisotopic (exact) mass is 293 g/mol. The van der Waals surface area contributed by atoms with E-state index in [1.165, 1.54) is 37.0 Å². The summed E-state index contributed by atoms with van der Waals surface area (Å²) in [6, 6.07) is 6.99. The molecule has 1 heterocycles. The maximum Gasteiger partial charge on any atom is 0.162 e. The van der Waals surface area contributed by atoms with Crippen molar-refractivity contribution in [2.75, 3.05) is 25.5 Å². The second kappa shape index (κ2) is 7.23. The Kier molecular flexibility index (Phi) is 5.09. The van der Waals surface area contributed by atoms with Gasteiger partial charge >= 0.3 is 0 Å². The zero-order valence-corrected chi connectivity index (χ0v) is 12.7. The Balaban J connectivity index is 1.41. The number of benzene rings is 1. The molecule has 1 fully saturated rings. The second-order valence-electron chi connectivity index (χ2n) is 5.44. The Morgan fingerprint density at radius 2 is 1.85 bits per heavy atom. The molecule has 1 aromatic carbocycles. The van der Waals surface area contributed by atoms with Gasteiger partial charge in [0, 0.05) is 23.2 Å². The van der Waals surface area contributed by atoms with Gasteiger partial charge < -0.3 is 14.8 Å². The van der Waals surface area contributed by atoms with Crippen LogP contribution < -0.4 is 14.8 Å². The number of rotatable bonds is 5. The van der Waals surface area contributed by atoms with E-state index in [1.54, 1.807) is 0 Å². The lowest BCUT2D eigenvalue weighted by Gasteiger charge is -2.22. The van der Waals surface area contributed by atoms with Crippen LogP contribution in [0.15, 0.2) is 23.1 Å². The molecule has 3 rings (SSSR count). The first-order chi connectivity index (χ1) is 9.92. The molecule has 4 heteroatoms. The first-order valence-corrected chi connectivity index (χ1v) is 8.66. The highest BCUT2D eigenvalue weighted by Crippen LogP contribution is 2.34. The van der Waals surface area contributed by atoms with E-state index in [2.05, 4.69) is 17.4 Å². The van der Waals surface area contributed by atoms with Gasteiger partial charge in [0.2, 0.25) is 0 Å². The third-order valence-corrected chi connectivity index (χ3v) is 4.92. The lowest BCUT2D eigenvalue weighted by molar-refractivity contribution is 0.171. The second-order valence-corrected chi connectivity index (χ2v) is 6.61. The quantitative estimate of drug-likeness (QED) is 0.665. The molecular formula is C16H23NO2S. The summed E-state index contributed by atoms with van der Waals surface area (Å²) < 4.78 is 11.1.